The molecule has 0 bridgehead atoms. The van der Waals surface area contributed by atoms with Gasteiger partial charge in [0.2, 0.25) is 0 Å². The second-order valence-electron chi connectivity index (χ2n) is 17.6. The molecule has 0 radical (unpaired) electrons. The highest BCUT2D eigenvalue weighted by Gasteiger charge is 1.99. The van der Waals surface area contributed by atoms with Gasteiger partial charge in [-0.3, -0.25) is 0 Å². The fourth-order valence-electron chi connectivity index (χ4n) is 8.45. The zero-order valence-corrected chi connectivity index (χ0v) is 37.1. The lowest BCUT2D eigenvalue weighted by Gasteiger charge is -2.05. The molecule has 0 N–H and O–H groups in total. The molecular weight excluding hydrogens is 629 g/mol. The van der Waals surface area contributed by atoms with Crippen molar-refractivity contribution >= 4 is 0 Å². The topological polar surface area (TPSA) is 9.23 Å². The van der Waals surface area contributed by atoms with Crippen LogP contribution in [-0.2, 0) is 4.74 Å². The highest BCUT2D eigenvalue weighted by Crippen LogP contribution is 2.18. The Kier molecular flexibility index (Phi) is 50.9. The Labute approximate surface area is 332 Å². The van der Waals surface area contributed by atoms with E-state index in [4.69, 9.17) is 4.74 Å². The summed E-state index contributed by atoms with van der Waals surface area (Å²) >= 11 is 0. The Morgan fingerprint density at radius 1 is 0.173 bits per heavy atom. The van der Waals surface area contributed by atoms with Crippen molar-refractivity contribution in [1.82, 2.24) is 0 Å². The van der Waals surface area contributed by atoms with Gasteiger partial charge in [0.1, 0.15) is 0 Å². The van der Waals surface area contributed by atoms with Crippen molar-refractivity contribution in [3.05, 3.63) is 0 Å². The van der Waals surface area contributed by atoms with Gasteiger partial charge < -0.3 is 4.74 Å². The van der Waals surface area contributed by atoms with E-state index in [1.807, 2.05) is 7.11 Å². The molecule has 1 nitrogen and oxygen atoms in total. The van der Waals surface area contributed by atoms with Crippen molar-refractivity contribution in [2.75, 3.05) is 13.7 Å². The first-order valence-corrected chi connectivity index (χ1v) is 25.4. The summed E-state index contributed by atoms with van der Waals surface area (Å²) in [5.41, 5.74) is 0. The first-order chi connectivity index (χ1) is 25.9. The Balaban J connectivity index is 3.04. The molecule has 0 aliphatic rings. The molecule has 1 heteroatoms. The molecule has 52 heavy (non-hydrogen) atoms. The molecule has 0 aliphatic heterocycles. The van der Waals surface area contributed by atoms with Crippen LogP contribution in [0, 0.1) is 0 Å². The molecule has 0 aromatic carbocycles. The second-order valence-corrected chi connectivity index (χ2v) is 17.6. The molecule has 0 rings (SSSR count). The minimum absolute atomic E-state index is 0.944. The summed E-state index contributed by atoms with van der Waals surface area (Å²) in [6.07, 6.45) is 70.8. The van der Waals surface area contributed by atoms with Crippen LogP contribution in [0.25, 0.3) is 0 Å². The lowest BCUT2D eigenvalue weighted by atomic mass is 10.0. The molecular formula is C51H104O. The molecule has 0 atom stereocenters. The smallest absolute Gasteiger partial charge is 0.0462 e. The van der Waals surface area contributed by atoms with E-state index >= 15 is 0 Å². The molecule has 0 saturated carbocycles. The van der Waals surface area contributed by atoms with E-state index in [0.717, 1.165) is 6.61 Å². The summed E-state index contributed by atoms with van der Waals surface area (Å²) in [5.74, 6) is 0. The number of methoxy groups -OCH3 is 1. The first kappa shape index (κ1) is 52.0. The summed E-state index contributed by atoms with van der Waals surface area (Å²) in [5, 5.41) is 0. The van der Waals surface area contributed by atoms with Crippen molar-refractivity contribution in [1.29, 1.82) is 0 Å². The lowest BCUT2D eigenvalue weighted by Crippen LogP contribution is -1.88. The van der Waals surface area contributed by atoms with Crippen LogP contribution in [0.5, 0.6) is 0 Å². The maximum atomic E-state index is 5.13. The van der Waals surface area contributed by atoms with E-state index in [9.17, 15) is 0 Å². The largest absolute Gasteiger partial charge is 0.385 e. The number of rotatable bonds is 49. The molecule has 0 unspecified atom stereocenters. The SMILES string of the molecule is CCCCCCCCCCCCCCCCCCCCCCCCCCCCCCCCCCCCCCCCCCCCCCCCCCOC. The highest BCUT2D eigenvalue weighted by molar-refractivity contribution is 4.54. The van der Waals surface area contributed by atoms with Crippen LogP contribution >= 0.6 is 0 Å². The van der Waals surface area contributed by atoms with Crippen molar-refractivity contribution in [2.24, 2.45) is 0 Å². The van der Waals surface area contributed by atoms with E-state index in [0.29, 0.717) is 0 Å². The van der Waals surface area contributed by atoms with E-state index in [2.05, 4.69) is 6.92 Å². The molecule has 0 aliphatic carbocycles. The predicted octanol–water partition coefficient (Wildman–Crippen LogP) is 19.4. The third-order valence-electron chi connectivity index (χ3n) is 12.2. The van der Waals surface area contributed by atoms with E-state index < -0.39 is 0 Å². The predicted molar refractivity (Wildman–Crippen MR) is 239 cm³/mol. The Morgan fingerprint density at radius 2 is 0.288 bits per heavy atom. The number of hydrogen-bond donors (Lipinski definition) is 0. The van der Waals surface area contributed by atoms with Crippen LogP contribution in [0.3, 0.4) is 0 Å². The van der Waals surface area contributed by atoms with Gasteiger partial charge >= 0.3 is 0 Å². The van der Waals surface area contributed by atoms with Gasteiger partial charge in [0.05, 0.1) is 0 Å². The Morgan fingerprint density at radius 3 is 0.404 bits per heavy atom. The number of ether oxygens (including phenoxy) is 1. The quantitative estimate of drug-likeness (QED) is 0.0566. The Hall–Kier alpha value is -0.0400. The van der Waals surface area contributed by atoms with Gasteiger partial charge in [-0.15, -0.1) is 0 Å². The minimum Gasteiger partial charge on any atom is -0.385 e. The van der Waals surface area contributed by atoms with E-state index in [1.54, 1.807) is 0 Å². The molecule has 314 valence electrons. The van der Waals surface area contributed by atoms with Gasteiger partial charge in [0.25, 0.3) is 0 Å². The van der Waals surface area contributed by atoms with E-state index in [-0.39, 0.29) is 0 Å². The van der Waals surface area contributed by atoms with Gasteiger partial charge in [-0.25, -0.2) is 0 Å². The summed E-state index contributed by atoms with van der Waals surface area (Å²) < 4.78 is 5.13. The second kappa shape index (κ2) is 51.0. The van der Waals surface area contributed by atoms with Crippen LogP contribution in [0.15, 0.2) is 0 Å². The van der Waals surface area contributed by atoms with Crippen molar-refractivity contribution in [3.63, 3.8) is 0 Å². The Bertz CT molecular complexity index is 522. The molecule has 0 aromatic rings. The normalized spacial score (nSPS) is 11.7. The maximum Gasteiger partial charge on any atom is 0.0462 e. The van der Waals surface area contributed by atoms with Crippen LogP contribution in [0.4, 0.5) is 0 Å². The first-order valence-electron chi connectivity index (χ1n) is 25.4. The summed E-state index contributed by atoms with van der Waals surface area (Å²) in [7, 11) is 1.81. The summed E-state index contributed by atoms with van der Waals surface area (Å²) in [6, 6.07) is 0. The molecule has 0 aromatic heterocycles. The average Bonchev–Trinajstić information content (AvgIpc) is 3.16. The molecule has 0 saturated heterocycles. The van der Waals surface area contributed by atoms with Gasteiger partial charge in [0.15, 0.2) is 0 Å². The van der Waals surface area contributed by atoms with Crippen LogP contribution < -0.4 is 0 Å². The number of unbranched alkanes of at least 4 members (excludes halogenated alkanes) is 47. The zero-order valence-electron chi connectivity index (χ0n) is 37.1. The summed E-state index contributed by atoms with van der Waals surface area (Å²) in [6.45, 7) is 3.26. The van der Waals surface area contributed by atoms with Gasteiger partial charge in [0, 0.05) is 13.7 Å². The fourth-order valence-corrected chi connectivity index (χ4v) is 8.45. The van der Waals surface area contributed by atoms with Crippen molar-refractivity contribution in [2.45, 2.75) is 315 Å². The molecule has 0 amide bonds. The third-order valence-corrected chi connectivity index (χ3v) is 12.2. The van der Waals surface area contributed by atoms with E-state index in [1.165, 1.54) is 308 Å². The van der Waals surface area contributed by atoms with Crippen molar-refractivity contribution in [3.8, 4) is 0 Å². The monoisotopic (exact) mass is 733 g/mol. The molecule has 0 heterocycles. The van der Waals surface area contributed by atoms with Gasteiger partial charge in [-0.1, -0.05) is 309 Å². The van der Waals surface area contributed by atoms with Crippen LogP contribution in [-0.4, -0.2) is 13.7 Å². The highest BCUT2D eigenvalue weighted by atomic mass is 16.5. The number of hydrogen-bond acceptors (Lipinski definition) is 1. The van der Waals surface area contributed by atoms with Crippen molar-refractivity contribution < 1.29 is 4.74 Å². The van der Waals surface area contributed by atoms with Gasteiger partial charge in [-0.2, -0.15) is 0 Å². The zero-order chi connectivity index (χ0) is 37.4. The van der Waals surface area contributed by atoms with Crippen LogP contribution in [0.2, 0.25) is 0 Å². The standard InChI is InChI=1S/C51H104O/c1-3-4-5-6-7-8-9-10-11-12-13-14-15-16-17-18-19-20-21-22-23-24-25-26-27-28-29-30-31-32-33-34-35-36-37-38-39-40-41-42-43-44-45-46-47-48-49-50-51-52-2/h3-51H2,1-2H3. The fraction of sp³-hybridized carbons (Fsp3) is 1.00. The minimum atomic E-state index is 0.944. The lowest BCUT2D eigenvalue weighted by molar-refractivity contribution is 0.192. The third kappa shape index (κ3) is 50.0. The summed E-state index contributed by atoms with van der Waals surface area (Å²) in [4.78, 5) is 0. The van der Waals surface area contributed by atoms with Gasteiger partial charge in [-0.05, 0) is 6.42 Å². The van der Waals surface area contributed by atoms with Crippen LogP contribution in [0.1, 0.15) is 315 Å². The molecule has 0 spiro atoms. The molecule has 0 fully saturated rings. The average molecular weight is 733 g/mol. The maximum absolute atomic E-state index is 5.13.